The van der Waals surface area contributed by atoms with E-state index < -0.39 is 6.09 Å². The van der Waals surface area contributed by atoms with Crippen molar-refractivity contribution in [3.05, 3.63) is 0 Å². The number of carbonyl (C=O) groups excluding carboxylic acids is 2. The molecular formula is C9H17IN2O3. The van der Waals surface area contributed by atoms with E-state index in [0.29, 0.717) is 6.54 Å². The third-order valence-corrected chi connectivity index (χ3v) is 1.83. The number of hydrogen-bond acceptors (Lipinski definition) is 4. The molecule has 0 aromatic rings. The molecule has 2 amide bonds. The van der Waals surface area contributed by atoms with Crippen molar-refractivity contribution in [2.24, 2.45) is 0 Å². The lowest BCUT2D eigenvalue weighted by molar-refractivity contribution is -0.125. The standard InChI is InChI=1S/C8H14N2O3.CH3I/c1-9(2)4-3-5-10-7(11)6-13-8(10)12;1-2/h3-6H2,1-2H3;1H3. The van der Waals surface area contributed by atoms with Crippen LogP contribution in [-0.2, 0) is 9.53 Å². The average molecular weight is 328 g/mol. The van der Waals surface area contributed by atoms with Crippen molar-refractivity contribution in [1.82, 2.24) is 9.80 Å². The summed E-state index contributed by atoms with van der Waals surface area (Å²) in [5.74, 6) is -0.233. The monoisotopic (exact) mass is 328 g/mol. The number of hydrogen-bond donors (Lipinski definition) is 0. The van der Waals surface area contributed by atoms with E-state index in [4.69, 9.17) is 0 Å². The highest BCUT2D eigenvalue weighted by Gasteiger charge is 2.29. The van der Waals surface area contributed by atoms with Crippen LogP contribution in [0.2, 0.25) is 0 Å². The lowest BCUT2D eigenvalue weighted by atomic mass is 10.4. The first-order valence-electron chi connectivity index (χ1n) is 4.61. The van der Waals surface area contributed by atoms with Crippen molar-refractivity contribution in [2.45, 2.75) is 6.42 Å². The first kappa shape index (κ1) is 14.6. The van der Waals surface area contributed by atoms with E-state index in [1.54, 1.807) is 0 Å². The molecule has 0 aromatic carbocycles. The fourth-order valence-electron chi connectivity index (χ4n) is 1.14. The number of nitrogens with zero attached hydrogens (tertiary/aromatic N) is 2. The maximum atomic E-state index is 11.0. The van der Waals surface area contributed by atoms with Crippen LogP contribution < -0.4 is 0 Å². The van der Waals surface area contributed by atoms with Crippen LogP contribution in [-0.4, -0.2) is 60.5 Å². The van der Waals surface area contributed by atoms with Crippen LogP contribution >= 0.6 is 22.6 Å². The van der Waals surface area contributed by atoms with Crippen molar-refractivity contribution >= 4 is 34.6 Å². The molecule has 6 heteroatoms. The predicted octanol–water partition coefficient (Wildman–Crippen LogP) is 0.968. The minimum Gasteiger partial charge on any atom is -0.439 e. The van der Waals surface area contributed by atoms with Crippen molar-refractivity contribution in [3.8, 4) is 0 Å². The molecule has 0 bridgehead atoms. The summed E-state index contributed by atoms with van der Waals surface area (Å²) in [5, 5.41) is 0. The van der Waals surface area contributed by atoms with Gasteiger partial charge in [-0.1, -0.05) is 22.6 Å². The molecule has 0 atom stereocenters. The van der Waals surface area contributed by atoms with Crippen molar-refractivity contribution in [2.75, 3.05) is 38.7 Å². The first-order valence-corrected chi connectivity index (χ1v) is 6.76. The first-order chi connectivity index (χ1) is 7.11. The van der Waals surface area contributed by atoms with E-state index in [1.807, 2.05) is 23.9 Å². The Morgan fingerprint density at radius 1 is 1.40 bits per heavy atom. The highest BCUT2D eigenvalue weighted by molar-refractivity contribution is 14.1. The average Bonchev–Trinajstić information content (AvgIpc) is 2.52. The molecule has 1 aliphatic heterocycles. The fourth-order valence-corrected chi connectivity index (χ4v) is 1.14. The molecule has 1 aliphatic rings. The molecule has 15 heavy (non-hydrogen) atoms. The van der Waals surface area contributed by atoms with Crippen LogP contribution in [0.3, 0.4) is 0 Å². The van der Waals surface area contributed by atoms with Crippen LogP contribution in [0.15, 0.2) is 0 Å². The fraction of sp³-hybridized carbons (Fsp3) is 0.778. The van der Waals surface area contributed by atoms with Gasteiger partial charge in [-0.3, -0.25) is 4.79 Å². The SMILES string of the molecule is CI.CN(C)CCCN1C(=O)COC1=O. The molecule has 1 heterocycles. The lowest BCUT2D eigenvalue weighted by Crippen LogP contribution is -2.31. The van der Waals surface area contributed by atoms with Gasteiger partial charge >= 0.3 is 6.09 Å². The van der Waals surface area contributed by atoms with E-state index in [9.17, 15) is 9.59 Å². The van der Waals surface area contributed by atoms with Crippen LogP contribution in [0.25, 0.3) is 0 Å². The second-order valence-electron chi connectivity index (χ2n) is 3.26. The zero-order valence-electron chi connectivity index (χ0n) is 9.33. The van der Waals surface area contributed by atoms with E-state index in [-0.39, 0.29) is 12.5 Å². The van der Waals surface area contributed by atoms with Gasteiger partial charge in [-0.2, -0.15) is 0 Å². The Bertz CT molecular complexity index is 205. The van der Waals surface area contributed by atoms with Gasteiger partial charge in [0.15, 0.2) is 6.61 Å². The van der Waals surface area contributed by atoms with Crippen molar-refractivity contribution < 1.29 is 14.3 Å². The number of cyclic esters (lactones) is 1. The smallest absolute Gasteiger partial charge is 0.417 e. The summed E-state index contributed by atoms with van der Waals surface area (Å²) in [7, 11) is 3.90. The van der Waals surface area contributed by atoms with E-state index in [0.717, 1.165) is 17.9 Å². The van der Waals surface area contributed by atoms with Crippen LogP contribution in [0.1, 0.15) is 6.42 Å². The van der Waals surface area contributed by atoms with Crippen molar-refractivity contribution in [1.29, 1.82) is 0 Å². The minimum atomic E-state index is -0.510. The number of rotatable bonds is 4. The zero-order valence-corrected chi connectivity index (χ0v) is 11.5. The van der Waals surface area contributed by atoms with E-state index in [1.165, 1.54) is 0 Å². The van der Waals surface area contributed by atoms with E-state index in [2.05, 4.69) is 27.3 Å². The molecule has 0 aromatic heterocycles. The molecule has 1 fully saturated rings. The van der Waals surface area contributed by atoms with E-state index >= 15 is 0 Å². The van der Waals surface area contributed by atoms with Gasteiger partial charge in [-0.25, -0.2) is 9.69 Å². The second kappa shape index (κ2) is 7.86. The predicted molar refractivity (Wildman–Crippen MR) is 66.2 cm³/mol. The molecule has 0 N–H and O–H groups in total. The van der Waals surface area contributed by atoms with Gasteiger partial charge in [0.25, 0.3) is 5.91 Å². The number of ether oxygens (including phenoxy) is 1. The number of carbonyl (C=O) groups is 2. The highest BCUT2D eigenvalue weighted by Crippen LogP contribution is 2.05. The highest BCUT2D eigenvalue weighted by atomic mass is 127. The molecule has 0 radical (unpaired) electrons. The lowest BCUT2D eigenvalue weighted by Gasteiger charge is -2.13. The van der Waals surface area contributed by atoms with Gasteiger partial charge in [-0.15, -0.1) is 0 Å². The van der Waals surface area contributed by atoms with Crippen LogP contribution in [0.4, 0.5) is 4.79 Å². The molecule has 0 aliphatic carbocycles. The third-order valence-electron chi connectivity index (χ3n) is 1.83. The topological polar surface area (TPSA) is 49.9 Å². The summed E-state index contributed by atoms with van der Waals surface area (Å²) >= 11 is 2.15. The van der Waals surface area contributed by atoms with Crippen LogP contribution in [0.5, 0.6) is 0 Å². The Labute approximate surface area is 104 Å². The van der Waals surface area contributed by atoms with Crippen molar-refractivity contribution in [3.63, 3.8) is 0 Å². The Morgan fingerprint density at radius 2 is 2.00 bits per heavy atom. The van der Waals surface area contributed by atoms with Crippen LogP contribution in [0, 0.1) is 0 Å². The molecule has 0 spiro atoms. The van der Waals surface area contributed by atoms with Gasteiger partial charge in [0.05, 0.1) is 0 Å². The Morgan fingerprint density at radius 3 is 2.40 bits per heavy atom. The number of halogens is 1. The summed E-state index contributed by atoms with van der Waals surface area (Å²) in [6.45, 7) is 1.22. The third kappa shape index (κ3) is 5.31. The normalized spacial score (nSPS) is 15.1. The molecule has 88 valence electrons. The van der Waals surface area contributed by atoms with Gasteiger partial charge in [0.1, 0.15) is 0 Å². The Hall–Kier alpha value is -0.370. The summed E-state index contributed by atoms with van der Waals surface area (Å²) in [6, 6.07) is 0. The van der Waals surface area contributed by atoms with Gasteiger partial charge in [0, 0.05) is 6.54 Å². The Balaban J connectivity index is 0.000000921. The summed E-state index contributed by atoms with van der Waals surface area (Å²) in [5.41, 5.74) is 0. The largest absolute Gasteiger partial charge is 0.439 e. The molecular weight excluding hydrogens is 311 g/mol. The molecule has 5 nitrogen and oxygen atoms in total. The van der Waals surface area contributed by atoms with Gasteiger partial charge in [0.2, 0.25) is 0 Å². The summed E-state index contributed by atoms with van der Waals surface area (Å²) in [6.07, 6.45) is 0.275. The molecule has 0 unspecified atom stereocenters. The second-order valence-corrected chi connectivity index (χ2v) is 3.26. The quantitative estimate of drug-likeness (QED) is 0.570. The number of alkyl halides is 1. The Kier molecular flexibility index (Phi) is 7.67. The maximum Gasteiger partial charge on any atom is 0.417 e. The summed E-state index contributed by atoms with van der Waals surface area (Å²) < 4.78 is 4.56. The van der Waals surface area contributed by atoms with Gasteiger partial charge in [-0.05, 0) is 32.0 Å². The number of amides is 2. The minimum absolute atomic E-state index is 0.0964. The molecule has 0 saturated carbocycles. The zero-order chi connectivity index (χ0) is 11.8. The van der Waals surface area contributed by atoms with Gasteiger partial charge < -0.3 is 9.64 Å². The molecule has 1 saturated heterocycles. The summed E-state index contributed by atoms with van der Waals surface area (Å²) in [4.78, 5) is 27.1. The maximum absolute atomic E-state index is 11.0. The number of imide groups is 1. The molecule has 1 rings (SSSR count).